The number of hydrogen-bond acceptors (Lipinski definition) is 3. The Balaban J connectivity index is 2.22. The van der Waals surface area contributed by atoms with Gasteiger partial charge in [0.15, 0.2) is 0 Å². The largest absolute Gasteiger partial charge is 0.382 e. The first-order chi connectivity index (χ1) is 9.62. The van der Waals surface area contributed by atoms with E-state index in [9.17, 15) is 4.79 Å². The molecule has 1 aliphatic heterocycles. The molecule has 0 aromatic heterocycles. The van der Waals surface area contributed by atoms with Gasteiger partial charge in [-0.2, -0.15) is 0 Å². The second-order valence-electron chi connectivity index (χ2n) is 5.20. The number of nitrogens with one attached hydrogen (secondary N) is 1. The maximum absolute atomic E-state index is 12.4. The molecule has 1 heterocycles. The Hall–Kier alpha value is -0.910. The summed E-state index contributed by atoms with van der Waals surface area (Å²) < 4.78 is 6.39. The van der Waals surface area contributed by atoms with Gasteiger partial charge < -0.3 is 10.1 Å². The molecule has 1 aliphatic rings. The van der Waals surface area contributed by atoms with E-state index in [0.29, 0.717) is 6.61 Å². The number of carbonyl (C=O) groups excluding carboxylic acids is 1. The first kappa shape index (κ1) is 15.5. The third-order valence-corrected chi connectivity index (χ3v) is 4.41. The SMILES string of the molecule is CNC(=O)C1(COC)CCCN1Cc1cccc(Br)c1. The molecule has 0 aliphatic carbocycles. The highest BCUT2D eigenvalue weighted by Crippen LogP contribution is 2.32. The van der Waals surface area contributed by atoms with E-state index in [1.54, 1.807) is 14.2 Å². The lowest BCUT2D eigenvalue weighted by Crippen LogP contribution is -2.57. The molecule has 5 heteroatoms. The van der Waals surface area contributed by atoms with Crippen LogP contribution in [-0.4, -0.2) is 43.7 Å². The highest BCUT2D eigenvalue weighted by Gasteiger charge is 2.46. The van der Waals surface area contributed by atoms with Crippen molar-refractivity contribution < 1.29 is 9.53 Å². The van der Waals surface area contributed by atoms with E-state index < -0.39 is 5.54 Å². The predicted molar refractivity (Wildman–Crippen MR) is 82.5 cm³/mol. The molecule has 1 aromatic carbocycles. The molecular weight excluding hydrogens is 320 g/mol. The van der Waals surface area contributed by atoms with Gasteiger partial charge in [0, 0.05) is 25.2 Å². The van der Waals surface area contributed by atoms with Crippen LogP contribution >= 0.6 is 15.9 Å². The molecule has 0 spiro atoms. The number of methoxy groups -OCH3 is 1. The molecule has 20 heavy (non-hydrogen) atoms. The topological polar surface area (TPSA) is 41.6 Å². The zero-order chi connectivity index (χ0) is 14.6. The van der Waals surface area contributed by atoms with Crippen LogP contribution in [0.2, 0.25) is 0 Å². The fraction of sp³-hybridized carbons (Fsp3) is 0.533. The van der Waals surface area contributed by atoms with Gasteiger partial charge in [-0.25, -0.2) is 0 Å². The quantitative estimate of drug-likeness (QED) is 0.893. The second kappa shape index (κ2) is 6.70. The number of benzene rings is 1. The molecule has 4 nitrogen and oxygen atoms in total. The van der Waals surface area contributed by atoms with Crippen molar-refractivity contribution in [3.63, 3.8) is 0 Å². The van der Waals surface area contributed by atoms with E-state index >= 15 is 0 Å². The van der Waals surface area contributed by atoms with Crippen LogP contribution in [0.1, 0.15) is 18.4 Å². The van der Waals surface area contributed by atoms with Gasteiger partial charge in [-0.1, -0.05) is 28.1 Å². The Kier molecular flexibility index (Phi) is 5.18. The van der Waals surface area contributed by atoms with Crippen molar-refractivity contribution in [1.82, 2.24) is 10.2 Å². The fourth-order valence-electron chi connectivity index (χ4n) is 2.98. The van der Waals surface area contributed by atoms with E-state index in [0.717, 1.165) is 30.4 Å². The van der Waals surface area contributed by atoms with Gasteiger partial charge in [0.1, 0.15) is 5.54 Å². The second-order valence-corrected chi connectivity index (χ2v) is 6.11. The number of likely N-dealkylation sites (N-methyl/N-ethyl adjacent to an activating group) is 1. The molecule has 1 aromatic rings. The molecular formula is C15H21BrN2O2. The summed E-state index contributed by atoms with van der Waals surface area (Å²) in [4.78, 5) is 14.6. The average Bonchev–Trinajstić information content (AvgIpc) is 2.82. The monoisotopic (exact) mass is 340 g/mol. The zero-order valence-electron chi connectivity index (χ0n) is 12.0. The van der Waals surface area contributed by atoms with Crippen molar-refractivity contribution >= 4 is 21.8 Å². The van der Waals surface area contributed by atoms with Gasteiger partial charge >= 0.3 is 0 Å². The van der Waals surface area contributed by atoms with E-state index in [1.165, 1.54) is 5.56 Å². The highest BCUT2D eigenvalue weighted by atomic mass is 79.9. The van der Waals surface area contributed by atoms with Crippen molar-refractivity contribution in [1.29, 1.82) is 0 Å². The number of rotatable bonds is 5. The van der Waals surface area contributed by atoms with Crippen LogP contribution in [0, 0.1) is 0 Å². The fourth-order valence-corrected chi connectivity index (χ4v) is 3.42. The summed E-state index contributed by atoms with van der Waals surface area (Å²) in [5, 5.41) is 2.79. The Morgan fingerprint density at radius 2 is 2.35 bits per heavy atom. The number of amides is 1. The van der Waals surface area contributed by atoms with Gasteiger partial charge in [-0.05, 0) is 37.1 Å². The van der Waals surface area contributed by atoms with Crippen LogP contribution in [-0.2, 0) is 16.1 Å². The standard InChI is InChI=1S/C15H21BrN2O2/c1-17-14(19)15(11-20-2)7-4-8-18(15)10-12-5-3-6-13(16)9-12/h3,5-6,9H,4,7-8,10-11H2,1-2H3,(H,17,19). The summed E-state index contributed by atoms with van der Waals surface area (Å²) >= 11 is 3.49. The Morgan fingerprint density at radius 3 is 3.00 bits per heavy atom. The van der Waals surface area contributed by atoms with Crippen LogP contribution in [0.3, 0.4) is 0 Å². The van der Waals surface area contributed by atoms with Crippen LogP contribution in [0.4, 0.5) is 0 Å². The number of likely N-dealkylation sites (tertiary alicyclic amines) is 1. The van der Waals surface area contributed by atoms with Crippen molar-refractivity contribution in [2.75, 3.05) is 27.3 Å². The lowest BCUT2D eigenvalue weighted by atomic mass is 9.95. The molecule has 1 N–H and O–H groups in total. The van der Waals surface area contributed by atoms with E-state index in [4.69, 9.17) is 4.74 Å². The van der Waals surface area contributed by atoms with Crippen LogP contribution < -0.4 is 5.32 Å². The molecule has 110 valence electrons. The Labute approximate surface area is 128 Å². The third-order valence-electron chi connectivity index (χ3n) is 3.92. The molecule has 1 fully saturated rings. The third kappa shape index (κ3) is 3.05. The van der Waals surface area contributed by atoms with Crippen LogP contribution in [0.5, 0.6) is 0 Å². The minimum absolute atomic E-state index is 0.0480. The van der Waals surface area contributed by atoms with E-state index in [-0.39, 0.29) is 5.91 Å². The Bertz CT molecular complexity index is 481. The Morgan fingerprint density at radius 1 is 1.55 bits per heavy atom. The first-order valence-corrected chi connectivity index (χ1v) is 7.62. The molecule has 1 atom stereocenters. The van der Waals surface area contributed by atoms with Crippen molar-refractivity contribution in [3.8, 4) is 0 Å². The minimum atomic E-state index is -0.536. The van der Waals surface area contributed by atoms with Gasteiger partial charge in [0.2, 0.25) is 5.91 Å². The lowest BCUT2D eigenvalue weighted by Gasteiger charge is -2.36. The molecule has 1 saturated heterocycles. The minimum Gasteiger partial charge on any atom is -0.382 e. The first-order valence-electron chi connectivity index (χ1n) is 6.83. The van der Waals surface area contributed by atoms with Gasteiger partial charge in [-0.3, -0.25) is 9.69 Å². The number of hydrogen-bond donors (Lipinski definition) is 1. The van der Waals surface area contributed by atoms with E-state index in [2.05, 4.69) is 38.3 Å². The van der Waals surface area contributed by atoms with Crippen molar-refractivity contribution in [2.24, 2.45) is 0 Å². The lowest BCUT2D eigenvalue weighted by molar-refractivity contribution is -0.135. The van der Waals surface area contributed by atoms with Gasteiger partial charge in [0.05, 0.1) is 6.61 Å². The zero-order valence-corrected chi connectivity index (χ0v) is 13.6. The van der Waals surface area contributed by atoms with Gasteiger partial charge in [-0.15, -0.1) is 0 Å². The van der Waals surface area contributed by atoms with Crippen molar-refractivity contribution in [2.45, 2.75) is 24.9 Å². The highest BCUT2D eigenvalue weighted by molar-refractivity contribution is 9.10. The molecule has 1 amide bonds. The maximum Gasteiger partial charge on any atom is 0.242 e. The summed E-state index contributed by atoms with van der Waals surface area (Å²) in [6, 6.07) is 8.21. The van der Waals surface area contributed by atoms with Gasteiger partial charge in [0.25, 0.3) is 0 Å². The summed E-state index contributed by atoms with van der Waals surface area (Å²) in [7, 11) is 3.34. The number of nitrogens with zero attached hydrogens (tertiary/aromatic N) is 1. The molecule has 1 unspecified atom stereocenters. The summed E-state index contributed by atoms with van der Waals surface area (Å²) in [6.45, 7) is 2.11. The molecule has 0 radical (unpaired) electrons. The smallest absolute Gasteiger partial charge is 0.242 e. The van der Waals surface area contributed by atoms with E-state index in [1.807, 2.05) is 12.1 Å². The summed E-state index contributed by atoms with van der Waals surface area (Å²) in [5.74, 6) is 0.0480. The number of carbonyl (C=O) groups is 1. The normalized spacial score (nSPS) is 22.9. The van der Waals surface area contributed by atoms with Crippen molar-refractivity contribution in [3.05, 3.63) is 34.3 Å². The maximum atomic E-state index is 12.4. The molecule has 0 bridgehead atoms. The molecule has 2 rings (SSSR count). The molecule has 0 saturated carbocycles. The summed E-state index contributed by atoms with van der Waals surface area (Å²) in [6.07, 6.45) is 1.86. The van der Waals surface area contributed by atoms with Crippen LogP contribution in [0.25, 0.3) is 0 Å². The predicted octanol–water partition coefficient (Wildman–Crippen LogP) is 2.18. The number of ether oxygens (including phenoxy) is 1. The summed E-state index contributed by atoms with van der Waals surface area (Å²) in [5.41, 5.74) is 0.664. The average molecular weight is 341 g/mol. The number of halogens is 1. The van der Waals surface area contributed by atoms with Crippen LogP contribution in [0.15, 0.2) is 28.7 Å².